The minimum Gasteiger partial charge on any atom is -0.493 e. The van der Waals surface area contributed by atoms with Crippen LogP contribution < -0.4 is 14.8 Å². The van der Waals surface area contributed by atoms with Gasteiger partial charge in [0, 0.05) is 6.42 Å². The Morgan fingerprint density at radius 1 is 1.07 bits per heavy atom. The van der Waals surface area contributed by atoms with Gasteiger partial charge in [0.1, 0.15) is 0 Å². The van der Waals surface area contributed by atoms with E-state index in [-0.39, 0.29) is 40.5 Å². The molecule has 0 saturated carbocycles. The Hall–Kier alpha value is -3.02. The van der Waals surface area contributed by atoms with E-state index in [1.807, 2.05) is 30.3 Å². The van der Waals surface area contributed by atoms with Crippen LogP contribution in [0.5, 0.6) is 11.5 Å². The van der Waals surface area contributed by atoms with Crippen LogP contribution in [0.4, 0.5) is 5.69 Å². The predicted octanol–water partition coefficient (Wildman–Crippen LogP) is 4.10. The number of ether oxygens (including phenoxy) is 2. The van der Waals surface area contributed by atoms with Gasteiger partial charge in [0.15, 0.2) is 11.5 Å². The van der Waals surface area contributed by atoms with Crippen molar-refractivity contribution in [2.24, 2.45) is 0 Å². The molecule has 0 unspecified atom stereocenters. The second-order valence-corrected chi connectivity index (χ2v) is 6.86. The number of anilines is 1. The summed E-state index contributed by atoms with van der Waals surface area (Å²) in [5.41, 5.74) is 1.28. The van der Waals surface area contributed by atoms with Gasteiger partial charge >= 0.3 is 5.97 Å². The molecule has 144 valence electrons. The van der Waals surface area contributed by atoms with Gasteiger partial charge in [0.25, 0.3) is 0 Å². The molecule has 0 fully saturated rings. The molecule has 0 heterocycles. The van der Waals surface area contributed by atoms with Gasteiger partial charge in [-0.25, -0.2) is 4.79 Å². The monoisotopic (exact) mass is 371 g/mol. The second-order valence-electron chi connectivity index (χ2n) is 6.86. The van der Waals surface area contributed by atoms with Crippen LogP contribution >= 0.6 is 0 Å². The number of aromatic carboxylic acids is 1. The van der Waals surface area contributed by atoms with Crippen LogP contribution in [-0.4, -0.2) is 31.2 Å². The van der Waals surface area contributed by atoms with Crippen LogP contribution in [0.3, 0.4) is 0 Å². The van der Waals surface area contributed by atoms with Crippen molar-refractivity contribution < 1.29 is 24.2 Å². The van der Waals surface area contributed by atoms with Gasteiger partial charge < -0.3 is 19.9 Å². The second kappa shape index (κ2) is 8.58. The summed E-state index contributed by atoms with van der Waals surface area (Å²) in [6.07, 6.45) is 0.922. The molecular weight excluding hydrogens is 346 g/mol. The first-order chi connectivity index (χ1) is 12.8. The highest BCUT2D eigenvalue weighted by Crippen LogP contribution is 2.37. The highest BCUT2D eigenvalue weighted by Gasteiger charge is 2.23. The lowest BCUT2D eigenvalue weighted by molar-refractivity contribution is -0.116. The van der Waals surface area contributed by atoms with Gasteiger partial charge in [-0.2, -0.15) is 0 Å². The molecule has 6 nitrogen and oxygen atoms in total. The first-order valence-electron chi connectivity index (χ1n) is 8.63. The normalized spacial score (nSPS) is 11.0. The van der Waals surface area contributed by atoms with Gasteiger partial charge in [-0.1, -0.05) is 44.2 Å². The van der Waals surface area contributed by atoms with Crippen LogP contribution in [0, 0.1) is 0 Å². The highest BCUT2D eigenvalue weighted by molar-refractivity contribution is 5.96. The molecule has 0 aliphatic carbocycles. The van der Waals surface area contributed by atoms with Crippen LogP contribution in [0.25, 0.3) is 0 Å². The third kappa shape index (κ3) is 5.00. The standard InChI is InChI=1S/C21H25NO5/c1-21(2,15-8-6-5-7-9-15)11-10-18(23)22-16-12-14(20(24)25)13-17(26-3)19(16)27-4/h5-9,12-13H,10-11H2,1-4H3,(H,22,23)(H,24,25). The molecule has 6 heteroatoms. The van der Waals surface area contributed by atoms with Crippen molar-refractivity contribution in [1.29, 1.82) is 0 Å². The van der Waals surface area contributed by atoms with E-state index < -0.39 is 5.97 Å². The number of carbonyl (C=O) groups is 2. The van der Waals surface area contributed by atoms with Gasteiger partial charge in [0.05, 0.1) is 25.5 Å². The van der Waals surface area contributed by atoms with Crippen molar-refractivity contribution in [3.63, 3.8) is 0 Å². The Kier molecular flexibility index (Phi) is 6.45. The molecule has 2 aromatic carbocycles. The van der Waals surface area contributed by atoms with E-state index in [1.165, 1.54) is 26.4 Å². The number of carboxylic acid groups (broad SMARTS) is 1. The Bertz CT molecular complexity index is 815. The zero-order valence-corrected chi connectivity index (χ0v) is 16.0. The van der Waals surface area contributed by atoms with Crippen LogP contribution in [0.1, 0.15) is 42.6 Å². The van der Waals surface area contributed by atoms with Crippen molar-refractivity contribution >= 4 is 17.6 Å². The minimum atomic E-state index is -1.11. The summed E-state index contributed by atoms with van der Waals surface area (Å²) in [6.45, 7) is 4.18. The van der Waals surface area contributed by atoms with Gasteiger partial charge in [-0.05, 0) is 29.5 Å². The van der Waals surface area contributed by atoms with E-state index in [0.717, 1.165) is 5.56 Å². The maximum absolute atomic E-state index is 12.5. The smallest absolute Gasteiger partial charge is 0.335 e. The molecular formula is C21H25NO5. The van der Waals surface area contributed by atoms with E-state index in [4.69, 9.17) is 9.47 Å². The minimum absolute atomic E-state index is 0.00701. The van der Waals surface area contributed by atoms with Crippen molar-refractivity contribution in [2.75, 3.05) is 19.5 Å². The summed E-state index contributed by atoms with van der Waals surface area (Å²) >= 11 is 0. The summed E-state index contributed by atoms with van der Waals surface area (Å²) in [7, 11) is 2.85. The number of methoxy groups -OCH3 is 2. The Balaban J connectivity index is 2.15. The maximum Gasteiger partial charge on any atom is 0.335 e. The fourth-order valence-corrected chi connectivity index (χ4v) is 2.85. The lowest BCUT2D eigenvalue weighted by Crippen LogP contribution is -2.21. The van der Waals surface area contributed by atoms with Crippen molar-refractivity contribution in [2.45, 2.75) is 32.1 Å². The zero-order chi connectivity index (χ0) is 20.0. The van der Waals surface area contributed by atoms with Gasteiger partial charge in [0.2, 0.25) is 5.91 Å². The fraction of sp³-hybridized carbons (Fsp3) is 0.333. The summed E-state index contributed by atoms with van der Waals surface area (Å²) in [5, 5.41) is 12.0. The molecule has 2 aromatic rings. The molecule has 0 bridgehead atoms. The Labute approximate surface area is 159 Å². The number of nitrogens with one attached hydrogen (secondary N) is 1. The van der Waals surface area contributed by atoms with E-state index in [0.29, 0.717) is 6.42 Å². The third-order valence-corrected chi connectivity index (χ3v) is 4.53. The van der Waals surface area contributed by atoms with Crippen LogP contribution in [0.15, 0.2) is 42.5 Å². The average molecular weight is 371 g/mol. The Morgan fingerprint density at radius 3 is 2.30 bits per heavy atom. The van der Waals surface area contributed by atoms with Crippen molar-refractivity contribution in [1.82, 2.24) is 0 Å². The number of carbonyl (C=O) groups excluding carboxylic acids is 1. The molecule has 0 aliphatic rings. The highest BCUT2D eigenvalue weighted by atomic mass is 16.5. The topological polar surface area (TPSA) is 84.9 Å². The van der Waals surface area contributed by atoms with Gasteiger partial charge in [-0.15, -0.1) is 0 Å². The molecule has 27 heavy (non-hydrogen) atoms. The van der Waals surface area contributed by atoms with E-state index in [9.17, 15) is 14.7 Å². The summed E-state index contributed by atoms with van der Waals surface area (Å²) in [5.74, 6) is -0.797. The first-order valence-corrected chi connectivity index (χ1v) is 8.63. The van der Waals surface area contributed by atoms with E-state index >= 15 is 0 Å². The number of carboxylic acids is 1. The summed E-state index contributed by atoms with van der Waals surface area (Å²) in [6, 6.07) is 12.7. The zero-order valence-electron chi connectivity index (χ0n) is 16.0. The number of amides is 1. The average Bonchev–Trinajstić information content (AvgIpc) is 2.66. The summed E-state index contributed by atoms with van der Waals surface area (Å²) in [4.78, 5) is 23.8. The Morgan fingerprint density at radius 2 is 1.74 bits per heavy atom. The lowest BCUT2D eigenvalue weighted by atomic mass is 9.80. The quantitative estimate of drug-likeness (QED) is 0.730. The van der Waals surface area contributed by atoms with E-state index in [1.54, 1.807) is 0 Å². The number of hydrogen-bond acceptors (Lipinski definition) is 4. The summed E-state index contributed by atoms with van der Waals surface area (Å²) < 4.78 is 10.5. The van der Waals surface area contributed by atoms with Crippen LogP contribution in [-0.2, 0) is 10.2 Å². The molecule has 0 spiro atoms. The molecule has 0 saturated heterocycles. The SMILES string of the molecule is COc1cc(C(=O)O)cc(NC(=O)CCC(C)(C)c2ccccc2)c1OC. The van der Waals surface area contributed by atoms with Crippen LogP contribution in [0.2, 0.25) is 0 Å². The largest absolute Gasteiger partial charge is 0.493 e. The molecule has 0 atom stereocenters. The number of benzene rings is 2. The lowest BCUT2D eigenvalue weighted by Gasteiger charge is -2.25. The van der Waals surface area contributed by atoms with Crippen molar-refractivity contribution in [3.05, 3.63) is 53.6 Å². The molecule has 0 radical (unpaired) electrons. The fourth-order valence-electron chi connectivity index (χ4n) is 2.85. The first kappa shape index (κ1) is 20.3. The molecule has 0 aliphatic heterocycles. The van der Waals surface area contributed by atoms with Gasteiger partial charge in [-0.3, -0.25) is 4.79 Å². The molecule has 0 aromatic heterocycles. The predicted molar refractivity (Wildman–Crippen MR) is 104 cm³/mol. The molecule has 1 amide bonds. The third-order valence-electron chi connectivity index (χ3n) is 4.53. The number of rotatable bonds is 8. The molecule has 2 rings (SSSR count). The number of hydrogen-bond donors (Lipinski definition) is 2. The van der Waals surface area contributed by atoms with E-state index in [2.05, 4.69) is 19.2 Å². The van der Waals surface area contributed by atoms with Crippen molar-refractivity contribution in [3.8, 4) is 11.5 Å². The molecule has 2 N–H and O–H groups in total. The maximum atomic E-state index is 12.5.